The molecule has 1 fully saturated rings. The van der Waals surface area contributed by atoms with Crippen molar-refractivity contribution in [1.29, 1.82) is 0 Å². The van der Waals surface area contributed by atoms with E-state index in [2.05, 4.69) is 0 Å². The van der Waals surface area contributed by atoms with Gasteiger partial charge in [-0.2, -0.15) is 0 Å². The minimum Gasteiger partial charge on any atom is -0.507 e. The monoisotopic (exact) mass is 475 g/mol. The maximum atomic E-state index is 13.9. The summed E-state index contributed by atoms with van der Waals surface area (Å²) in [4.78, 5) is 28.0. The third-order valence-electron chi connectivity index (χ3n) is 5.85. The molecule has 7 heteroatoms. The number of methoxy groups -OCH3 is 1. The number of aryl methyl sites for hydroxylation is 1. The number of hydrogen-bond donors (Lipinski definition) is 1. The fourth-order valence-electron chi connectivity index (χ4n) is 4.12. The number of aliphatic hydroxyl groups is 1. The smallest absolute Gasteiger partial charge is 0.300 e. The molecule has 3 aromatic rings. The van der Waals surface area contributed by atoms with Crippen molar-refractivity contribution in [3.05, 3.63) is 94.8 Å². The average Bonchev–Trinajstić information content (AvgIpc) is 3.14. The molecule has 1 heterocycles. The molecule has 1 unspecified atom stereocenters. The lowest BCUT2D eigenvalue weighted by atomic mass is 9.94. The predicted molar refractivity (Wildman–Crippen MR) is 131 cm³/mol. The molecule has 0 spiro atoms. The Morgan fingerprint density at radius 1 is 1.03 bits per heavy atom. The van der Waals surface area contributed by atoms with Crippen LogP contribution in [-0.2, 0) is 9.59 Å². The summed E-state index contributed by atoms with van der Waals surface area (Å²) in [6.07, 6.45) is 0.816. The summed E-state index contributed by atoms with van der Waals surface area (Å²) >= 11 is 0. The molecule has 0 aliphatic carbocycles. The van der Waals surface area contributed by atoms with Gasteiger partial charge in [-0.25, -0.2) is 4.39 Å². The summed E-state index contributed by atoms with van der Waals surface area (Å²) in [6, 6.07) is 17.0. The number of rotatable bonds is 7. The van der Waals surface area contributed by atoms with E-state index < -0.39 is 23.5 Å². The van der Waals surface area contributed by atoms with Crippen LogP contribution in [0.2, 0.25) is 0 Å². The number of halogens is 1. The van der Waals surface area contributed by atoms with Gasteiger partial charge in [0.25, 0.3) is 11.7 Å². The Balaban J connectivity index is 1.93. The second-order valence-corrected chi connectivity index (χ2v) is 8.26. The Morgan fingerprint density at radius 2 is 1.77 bits per heavy atom. The van der Waals surface area contributed by atoms with Crippen LogP contribution >= 0.6 is 0 Å². The van der Waals surface area contributed by atoms with Gasteiger partial charge in [0.15, 0.2) is 0 Å². The standard InChI is InChI=1S/C28H26FNO5/c1-4-13-35-22-10-5-7-18(15-22)25-24(26(31)19-11-12-23(29)17(2)14-19)27(32)28(33)30(25)20-8-6-9-21(16-20)34-3/h5-12,14-16,25,31H,4,13H2,1-3H3/b26-24+. The van der Waals surface area contributed by atoms with Gasteiger partial charge in [-0.15, -0.1) is 0 Å². The van der Waals surface area contributed by atoms with Crippen LogP contribution < -0.4 is 14.4 Å². The summed E-state index contributed by atoms with van der Waals surface area (Å²) in [5, 5.41) is 11.2. The van der Waals surface area contributed by atoms with E-state index in [9.17, 15) is 19.1 Å². The summed E-state index contributed by atoms with van der Waals surface area (Å²) in [5.41, 5.74) is 1.49. The van der Waals surface area contributed by atoms with Gasteiger partial charge < -0.3 is 14.6 Å². The molecule has 0 aromatic heterocycles. The molecule has 1 aliphatic heterocycles. The van der Waals surface area contributed by atoms with E-state index in [-0.39, 0.29) is 16.9 Å². The highest BCUT2D eigenvalue weighted by atomic mass is 19.1. The summed E-state index contributed by atoms with van der Waals surface area (Å²) in [7, 11) is 1.51. The highest BCUT2D eigenvalue weighted by Gasteiger charge is 2.47. The normalized spacial score (nSPS) is 17.0. The summed E-state index contributed by atoms with van der Waals surface area (Å²) in [6.45, 7) is 4.06. The van der Waals surface area contributed by atoms with Crippen molar-refractivity contribution in [3.63, 3.8) is 0 Å². The van der Waals surface area contributed by atoms with Gasteiger partial charge in [-0.05, 0) is 66.9 Å². The number of ketones is 1. The van der Waals surface area contributed by atoms with Gasteiger partial charge in [0.1, 0.15) is 23.1 Å². The van der Waals surface area contributed by atoms with Gasteiger partial charge in [0, 0.05) is 17.3 Å². The minimum absolute atomic E-state index is 0.0866. The SMILES string of the molecule is CCCOc1cccc(C2/C(=C(\O)c3ccc(F)c(C)c3)C(=O)C(=O)N2c2cccc(OC)c2)c1. The molecule has 1 aliphatic rings. The van der Waals surface area contributed by atoms with Crippen molar-refractivity contribution in [2.24, 2.45) is 0 Å². The molecule has 1 saturated heterocycles. The van der Waals surface area contributed by atoms with E-state index in [1.54, 1.807) is 55.5 Å². The van der Waals surface area contributed by atoms with Crippen LogP contribution in [0.1, 0.15) is 36.1 Å². The first-order valence-electron chi connectivity index (χ1n) is 11.3. The van der Waals surface area contributed by atoms with E-state index in [0.29, 0.717) is 34.9 Å². The molecule has 180 valence electrons. The third-order valence-corrected chi connectivity index (χ3v) is 5.85. The molecular formula is C28H26FNO5. The number of carbonyl (C=O) groups excluding carboxylic acids is 2. The Morgan fingerprint density at radius 3 is 2.49 bits per heavy atom. The number of aliphatic hydroxyl groups excluding tert-OH is 1. The molecule has 0 bridgehead atoms. The van der Waals surface area contributed by atoms with Crippen molar-refractivity contribution in [3.8, 4) is 11.5 Å². The first-order chi connectivity index (χ1) is 16.8. The fourth-order valence-corrected chi connectivity index (χ4v) is 4.12. The zero-order chi connectivity index (χ0) is 25.1. The van der Waals surface area contributed by atoms with Crippen LogP contribution in [0.25, 0.3) is 5.76 Å². The quantitative estimate of drug-likeness (QED) is 0.275. The predicted octanol–water partition coefficient (Wildman–Crippen LogP) is 5.56. The van der Waals surface area contributed by atoms with Crippen LogP contribution in [0.3, 0.4) is 0 Å². The van der Waals surface area contributed by atoms with E-state index in [4.69, 9.17) is 9.47 Å². The molecule has 6 nitrogen and oxygen atoms in total. The number of benzene rings is 3. The number of nitrogens with zero attached hydrogens (tertiary/aromatic N) is 1. The molecule has 4 rings (SSSR count). The van der Waals surface area contributed by atoms with Gasteiger partial charge in [0.2, 0.25) is 0 Å². The van der Waals surface area contributed by atoms with E-state index >= 15 is 0 Å². The molecule has 0 saturated carbocycles. The lowest BCUT2D eigenvalue weighted by Crippen LogP contribution is -2.29. The highest BCUT2D eigenvalue weighted by Crippen LogP contribution is 2.43. The molecular weight excluding hydrogens is 449 g/mol. The van der Waals surface area contributed by atoms with Crippen LogP contribution in [0.5, 0.6) is 11.5 Å². The molecule has 1 atom stereocenters. The first kappa shape index (κ1) is 24.0. The number of hydrogen-bond acceptors (Lipinski definition) is 5. The highest BCUT2D eigenvalue weighted by molar-refractivity contribution is 6.51. The Labute approximate surface area is 203 Å². The number of amides is 1. The largest absolute Gasteiger partial charge is 0.507 e. The van der Waals surface area contributed by atoms with Gasteiger partial charge in [-0.1, -0.05) is 25.1 Å². The fraction of sp³-hybridized carbons (Fsp3) is 0.214. The molecule has 35 heavy (non-hydrogen) atoms. The zero-order valence-corrected chi connectivity index (χ0v) is 19.7. The average molecular weight is 476 g/mol. The molecule has 0 radical (unpaired) electrons. The van der Waals surface area contributed by atoms with Crippen LogP contribution in [0.4, 0.5) is 10.1 Å². The topological polar surface area (TPSA) is 76.1 Å². The zero-order valence-electron chi connectivity index (χ0n) is 19.7. The second-order valence-electron chi connectivity index (χ2n) is 8.26. The van der Waals surface area contributed by atoms with E-state index in [0.717, 1.165) is 6.42 Å². The van der Waals surface area contributed by atoms with Gasteiger partial charge in [0.05, 0.1) is 25.3 Å². The van der Waals surface area contributed by atoms with Gasteiger partial charge in [-0.3, -0.25) is 14.5 Å². The van der Waals surface area contributed by atoms with Crippen molar-refractivity contribution in [2.75, 3.05) is 18.6 Å². The lowest BCUT2D eigenvalue weighted by Gasteiger charge is -2.26. The first-order valence-corrected chi connectivity index (χ1v) is 11.3. The second kappa shape index (κ2) is 10.0. The van der Waals surface area contributed by atoms with Crippen molar-refractivity contribution in [1.82, 2.24) is 0 Å². The van der Waals surface area contributed by atoms with Crippen LogP contribution in [0.15, 0.2) is 72.3 Å². The van der Waals surface area contributed by atoms with Crippen molar-refractivity contribution >= 4 is 23.1 Å². The van der Waals surface area contributed by atoms with E-state index in [1.165, 1.54) is 30.2 Å². The number of ether oxygens (including phenoxy) is 2. The van der Waals surface area contributed by atoms with Gasteiger partial charge >= 0.3 is 0 Å². The molecule has 1 amide bonds. The summed E-state index contributed by atoms with van der Waals surface area (Å²) in [5.74, 6) is -1.34. The molecule has 3 aromatic carbocycles. The number of carbonyl (C=O) groups is 2. The Hall–Kier alpha value is -4.13. The Kier molecular flexibility index (Phi) is 6.87. The van der Waals surface area contributed by atoms with E-state index in [1.807, 2.05) is 6.92 Å². The Bertz CT molecular complexity index is 1320. The molecule has 1 N–H and O–H groups in total. The minimum atomic E-state index is -0.933. The lowest BCUT2D eigenvalue weighted by molar-refractivity contribution is -0.132. The van der Waals surface area contributed by atoms with Crippen molar-refractivity contribution < 1.29 is 28.6 Å². The number of Topliss-reactive ketones (excluding diaryl/α,β-unsaturated/α-hetero) is 1. The number of anilines is 1. The third kappa shape index (κ3) is 4.62. The van der Waals surface area contributed by atoms with Crippen LogP contribution in [-0.4, -0.2) is 30.5 Å². The summed E-state index contributed by atoms with van der Waals surface area (Å²) < 4.78 is 24.9. The van der Waals surface area contributed by atoms with Crippen LogP contribution in [0, 0.1) is 12.7 Å². The van der Waals surface area contributed by atoms with Crippen molar-refractivity contribution in [2.45, 2.75) is 26.3 Å². The maximum absolute atomic E-state index is 13.9. The maximum Gasteiger partial charge on any atom is 0.300 e.